The third-order valence-corrected chi connectivity index (χ3v) is 6.16. The van der Waals surface area contributed by atoms with E-state index >= 15 is 0 Å². The fourth-order valence-corrected chi connectivity index (χ4v) is 4.21. The van der Waals surface area contributed by atoms with Crippen molar-refractivity contribution >= 4 is 28.8 Å². The maximum atomic E-state index is 13.2. The topological polar surface area (TPSA) is 74.4 Å². The van der Waals surface area contributed by atoms with Crippen molar-refractivity contribution in [3.63, 3.8) is 0 Å². The maximum absolute atomic E-state index is 13.2. The van der Waals surface area contributed by atoms with Crippen LogP contribution in [0.2, 0.25) is 0 Å². The molecule has 2 aromatic carbocycles. The highest BCUT2D eigenvalue weighted by Crippen LogP contribution is 2.35. The molecule has 8 nitrogen and oxygen atoms in total. The highest BCUT2D eigenvalue weighted by molar-refractivity contribution is 6.36. The predicted molar refractivity (Wildman–Crippen MR) is 133 cm³/mol. The Labute approximate surface area is 200 Å². The zero-order valence-corrected chi connectivity index (χ0v) is 19.8. The summed E-state index contributed by atoms with van der Waals surface area (Å²) in [4.78, 5) is 32.2. The van der Waals surface area contributed by atoms with E-state index in [-0.39, 0.29) is 23.7 Å². The number of imide groups is 1. The molecule has 2 aliphatic rings. The zero-order valence-electron chi connectivity index (χ0n) is 19.8. The van der Waals surface area contributed by atoms with Crippen LogP contribution >= 0.6 is 0 Å². The minimum atomic E-state index is -0.391. The molecule has 1 N–H and O–H groups in total. The number of methoxy groups -OCH3 is 2. The van der Waals surface area contributed by atoms with Gasteiger partial charge >= 0.3 is 0 Å². The predicted octanol–water partition coefficient (Wildman–Crippen LogP) is 2.83. The fraction of sp³-hybridized carbons (Fsp3) is 0.308. The Kier molecular flexibility index (Phi) is 6.88. The van der Waals surface area contributed by atoms with E-state index in [1.165, 1.54) is 18.1 Å². The van der Waals surface area contributed by atoms with Gasteiger partial charge in [-0.3, -0.25) is 14.5 Å². The molecule has 0 saturated carbocycles. The molecule has 0 aliphatic carbocycles. The molecule has 178 valence electrons. The molecule has 0 aromatic heterocycles. The summed E-state index contributed by atoms with van der Waals surface area (Å²) in [5.74, 6) is 0.248. The standard InChI is InChI=1S/C26H30N4O4/c1-5-12-30-25(31)23(18-6-11-21(33-3)22(17-18)34-4)24(26(30)32)27-19-7-9-20(10-8-19)29-15-13-28(2)14-16-29/h5-11,17,27H,1,12-16H2,2-4H3. The third-order valence-electron chi connectivity index (χ3n) is 6.16. The van der Waals surface area contributed by atoms with Gasteiger partial charge < -0.3 is 24.6 Å². The minimum absolute atomic E-state index is 0.127. The molecule has 2 aliphatic heterocycles. The lowest BCUT2D eigenvalue weighted by Crippen LogP contribution is -2.44. The summed E-state index contributed by atoms with van der Waals surface area (Å²) in [6.07, 6.45) is 1.54. The molecule has 2 heterocycles. The average molecular weight is 463 g/mol. The first-order valence-corrected chi connectivity index (χ1v) is 11.2. The number of amides is 2. The van der Waals surface area contributed by atoms with E-state index < -0.39 is 5.91 Å². The number of piperazine rings is 1. The molecule has 1 fully saturated rings. The Bertz CT molecular complexity index is 1120. The molecule has 8 heteroatoms. The Hall–Kier alpha value is -3.78. The normalized spacial score (nSPS) is 16.8. The van der Waals surface area contributed by atoms with E-state index in [9.17, 15) is 9.59 Å². The number of benzene rings is 2. The number of nitrogens with one attached hydrogen (secondary N) is 1. The minimum Gasteiger partial charge on any atom is -0.493 e. The van der Waals surface area contributed by atoms with E-state index in [0.717, 1.165) is 37.6 Å². The summed E-state index contributed by atoms with van der Waals surface area (Å²) < 4.78 is 10.7. The lowest BCUT2D eigenvalue weighted by Gasteiger charge is -2.34. The number of likely N-dealkylation sites (N-methyl/N-ethyl adjacent to an activating group) is 1. The van der Waals surface area contributed by atoms with Crippen molar-refractivity contribution in [3.05, 3.63) is 66.4 Å². The lowest BCUT2D eigenvalue weighted by atomic mass is 10.0. The van der Waals surface area contributed by atoms with Crippen LogP contribution in [-0.2, 0) is 9.59 Å². The van der Waals surface area contributed by atoms with Crippen molar-refractivity contribution in [2.75, 3.05) is 64.2 Å². The highest BCUT2D eigenvalue weighted by Gasteiger charge is 2.38. The van der Waals surface area contributed by atoms with Crippen LogP contribution in [-0.4, -0.2) is 75.6 Å². The first kappa shape index (κ1) is 23.4. The van der Waals surface area contributed by atoms with E-state index in [1.54, 1.807) is 25.3 Å². The Morgan fingerprint density at radius 3 is 2.24 bits per heavy atom. The van der Waals surface area contributed by atoms with E-state index in [1.807, 2.05) is 24.3 Å². The summed E-state index contributed by atoms with van der Waals surface area (Å²) >= 11 is 0. The molecule has 0 spiro atoms. The molecular formula is C26H30N4O4. The van der Waals surface area contributed by atoms with Gasteiger partial charge in [-0.2, -0.15) is 0 Å². The van der Waals surface area contributed by atoms with Gasteiger partial charge in [-0.05, 0) is 49.0 Å². The number of hydrogen-bond acceptors (Lipinski definition) is 7. The molecule has 0 bridgehead atoms. The van der Waals surface area contributed by atoms with Gasteiger partial charge in [0.2, 0.25) is 0 Å². The van der Waals surface area contributed by atoms with Crippen molar-refractivity contribution in [1.29, 1.82) is 0 Å². The molecular weight excluding hydrogens is 432 g/mol. The summed E-state index contributed by atoms with van der Waals surface area (Å²) in [5.41, 5.74) is 2.95. The highest BCUT2D eigenvalue weighted by atomic mass is 16.5. The number of anilines is 2. The van der Waals surface area contributed by atoms with Gasteiger partial charge in [0, 0.05) is 44.1 Å². The second kappa shape index (κ2) is 10.0. The first-order chi connectivity index (χ1) is 16.5. The average Bonchev–Trinajstić information content (AvgIpc) is 3.09. The first-order valence-electron chi connectivity index (χ1n) is 11.2. The smallest absolute Gasteiger partial charge is 0.278 e. The van der Waals surface area contributed by atoms with E-state index in [4.69, 9.17) is 9.47 Å². The molecule has 0 unspecified atom stereocenters. The van der Waals surface area contributed by atoms with Crippen LogP contribution in [0.5, 0.6) is 11.5 Å². The van der Waals surface area contributed by atoms with E-state index in [2.05, 4.69) is 28.7 Å². The third kappa shape index (κ3) is 4.49. The van der Waals surface area contributed by atoms with Crippen LogP contribution in [0, 0.1) is 0 Å². The molecule has 34 heavy (non-hydrogen) atoms. The van der Waals surface area contributed by atoms with Crippen LogP contribution in [0.3, 0.4) is 0 Å². The van der Waals surface area contributed by atoms with Gasteiger partial charge in [0.1, 0.15) is 5.70 Å². The van der Waals surface area contributed by atoms with Crippen LogP contribution in [0.25, 0.3) is 5.57 Å². The lowest BCUT2D eigenvalue weighted by molar-refractivity contribution is -0.136. The van der Waals surface area contributed by atoms with Crippen molar-refractivity contribution in [2.45, 2.75) is 0 Å². The molecule has 0 radical (unpaired) electrons. The van der Waals surface area contributed by atoms with Crippen molar-refractivity contribution in [1.82, 2.24) is 9.80 Å². The second-order valence-corrected chi connectivity index (χ2v) is 8.29. The van der Waals surface area contributed by atoms with Crippen molar-refractivity contribution in [2.24, 2.45) is 0 Å². The van der Waals surface area contributed by atoms with Gasteiger partial charge in [0.25, 0.3) is 11.8 Å². The molecule has 4 rings (SSSR count). The van der Waals surface area contributed by atoms with Crippen LogP contribution in [0.1, 0.15) is 5.56 Å². The fourth-order valence-electron chi connectivity index (χ4n) is 4.21. The van der Waals surface area contributed by atoms with Gasteiger partial charge in [0.05, 0.1) is 19.8 Å². The Morgan fingerprint density at radius 2 is 1.62 bits per heavy atom. The molecule has 1 saturated heterocycles. The number of nitrogens with zero attached hydrogens (tertiary/aromatic N) is 3. The Balaban J connectivity index is 1.66. The number of hydrogen-bond donors (Lipinski definition) is 1. The van der Waals surface area contributed by atoms with Gasteiger partial charge in [-0.1, -0.05) is 12.1 Å². The number of carbonyl (C=O) groups excluding carboxylic acids is 2. The molecule has 0 atom stereocenters. The van der Waals surface area contributed by atoms with Crippen LogP contribution in [0.4, 0.5) is 11.4 Å². The summed E-state index contributed by atoms with van der Waals surface area (Å²) in [6, 6.07) is 13.1. The van der Waals surface area contributed by atoms with Gasteiger partial charge in [-0.15, -0.1) is 6.58 Å². The number of carbonyl (C=O) groups is 2. The van der Waals surface area contributed by atoms with Crippen LogP contribution < -0.4 is 19.7 Å². The van der Waals surface area contributed by atoms with Crippen molar-refractivity contribution in [3.8, 4) is 11.5 Å². The van der Waals surface area contributed by atoms with Gasteiger partial charge in [0.15, 0.2) is 11.5 Å². The SMILES string of the molecule is C=CCN1C(=O)C(Nc2ccc(N3CCN(C)CC3)cc2)=C(c2ccc(OC)c(OC)c2)C1=O. The Morgan fingerprint density at radius 1 is 0.941 bits per heavy atom. The molecule has 2 amide bonds. The zero-order chi connectivity index (χ0) is 24.2. The number of rotatable bonds is 8. The summed E-state index contributed by atoms with van der Waals surface area (Å²) in [5, 5.41) is 3.20. The van der Waals surface area contributed by atoms with Gasteiger partial charge in [-0.25, -0.2) is 0 Å². The quantitative estimate of drug-likeness (QED) is 0.478. The second-order valence-electron chi connectivity index (χ2n) is 8.29. The summed E-state index contributed by atoms with van der Waals surface area (Å²) in [6.45, 7) is 7.80. The van der Waals surface area contributed by atoms with Crippen molar-refractivity contribution < 1.29 is 19.1 Å². The van der Waals surface area contributed by atoms with Crippen LogP contribution in [0.15, 0.2) is 60.8 Å². The van der Waals surface area contributed by atoms with E-state index in [0.29, 0.717) is 17.1 Å². The summed E-state index contributed by atoms with van der Waals surface area (Å²) in [7, 11) is 5.21. The largest absolute Gasteiger partial charge is 0.493 e. The monoisotopic (exact) mass is 462 g/mol. The molecule has 2 aromatic rings. The maximum Gasteiger partial charge on any atom is 0.278 e. The number of ether oxygens (including phenoxy) is 2.